The van der Waals surface area contributed by atoms with Gasteiger partial charge in [0.25, 0.3) is 0 Å². The van der Waals surface area contributed by atoms with E-state index in [9.17, 15) is 19.5 Å². The van der Waals surface area contributed by atoms with Gasteiger partial charge in [0.05, 0.1) is 47.9 Å². The summed E-state index contributed by atoms with van der Waals surface area (Å²) in [6.07, 6.45) is 14.7. The van der Waals surface area contributed by atoms with E-state index in [4.69, 9.17) is 32.5 Å². The number of hydrogen-bond acceptors (Lipinski definition) is 10. The Morgan fingerprint density at radius 3 is 1.00 bits per heavy atom. The number of benzene rings is 3. The predicted molar refractivity (Wildman–Crippen MR) is 869 cm³/mol. The maximum absolute atomic E-state index is 13.3. The molecule has 2 aliphatic heterocycles. The SMILES string of the molecule is C.C=CC[C@H](NC(=O)C[C@@H](CC[C@@]1(C)O[C@@H](c2ccccc2)O[C@H]1C=C)O[Si](C)(C)C(C)(C)C)/C(C)=C/CC.C=CC[C@H]([NH3+])/C(C)=C/COC(=O)c1ccccc1.C=C[C@@H]1O[C@H](c2ccccc2)O[C@]1(C)CC[C@H](CC(=O)O)O[Si](C)(C)C(C)(C)C.PP(P)P(P(P)P)P(P(P(P)P)P(P)P)P(P(P(P)P)P(P)P)P(P(P)P)P(P)P.PPP(P)P(P(P)P)P(P(P(P)P)P(P)P)P(P(P(P)P)P(P)P)P(P(P)P)P(P)P.[Cl-]. The van der Waals surface area contributed by atoms with E-state index in [1.54, 1.807) is 18.2 Å². The van der Waals surface area contributed by atoms with Gasteiger partial charge >= 0.3 is 11.9 Å². The molecule has 0 radical (unpaired) electrons. The van der Waals surface area contributed by atoms with Gasteiger partial charge in [-0.15, -0.1) is 312 Å². The summed E-state index contributed by atoms with van der Waals surface area (Å²) in [5.74, 6) is -1.14. The second-order valence-corrected chi connectivity index (χ2v) is 289. The highest BCUT2D eigenvalue weighted by Gasteiger charge is 2.55. The average Bonchev–Trinajstić information content (AvgIpc) is 1.20. The first-order chi connectivity index (χ1) is 67.5. The number of carboxylic acid groups (broad SMARTS) is 1. The fraction of sp³-hybridized carbons (Fsp3) is 0.535. The standard InChI is InChI=1S/C32H51NO4Si.C23H36O5Si.C15H19NO2.CH4.ClH.H33P31.H32P30/c1-11-17-24(4)27(18-12-2)33-29(34)23-26(37-38(9,10)31(5,6)7)21-22-32(8)28(13-3)35-30(36-32)25-19-15-14-16-20-25;1-8-19-23(5,27-21(26-19)17-12-10-9-11-13-17)15-14-18(16-20(24)25)28-29(6,7)22(2,3)4;1-3-7-14(16)12(2)10-11-18-15(17)13-8-5-4-6-9-13;;;1-17-25(16)29(24(14)15)31(28(22(10)11)23(12)13)30(26(18(2)3)19(4)5)27(20(6)7)21(8)9;1-17(2)25(18(3)4)29(26(19(5)6)20(7)8)30(27(21(9)10)22(11)12)28(23(13)14)24(15)16/h12-17,19-20,26-28,30H,2-3,11,18,21-23H2,1,4-10H3,(H,33,34);8-13,18-19,21H,1,14-16H2,2-7H3,(H,24,25);3-6,8-10,14H,1,7,11,16H2,2H3;1H4;1H;17H,1-16H2;1-16H2/b24-17+;;12-10+;;;;/t26-,27+,28+,30+,32-;18-,19+,21+,23-;14-;;;;/m110..../s1. The molecule has 0 aromatic heterocycles. The number of carboxylic acids is 1. The summed E-state index contributed by atoms with van der Waals surface area (Å²) >= 11 is 0. The number of quaternary nitrogens is 1. The number of carbonyl (C=O) groups excluding carboxylic acids is 2. The molecule has 3 aromatic carbocycles. The zero-order valence-electron chi connectivity index (χ0n) is 86.3. The minimum atomic E-state index is -2.12. The molecular weight excluding hydrogens is 3040 g/mol. The molecule has 77 heteroatoms. The molecule has 148 heavy (non-hydrogen) atoms. The van der Waals surface area contributed by atoms with Crippen molar-refractivity contribution in [1.82, 2.24) is 5.32 Å². The molecule has 5 rings (SSSR count). The van der Waals surface area contributed by atoms with E-state index >= 15 is 0 Å². The van der Waals surface area contributed by atoms with Crippen molar-refractivity contribution in [2.24, 2.45) is 0 Å². The van der Waals surface area contributed by atoms with Gasteiger partial charge in [-0.3, -0.25) is 9.59 Å². The number of hydrogen-bond donors (Lipinski definition) is 3. The number of nitrogens with one attached hydrogen (secondary N) is 1. The van der Waals surface area contributed by atoms with Crippen molar-refractivity contribution < 1.29 is 70.2 Å². The normalized spacial score (nSPS) is 19.4. The fourth-order valence-corrected chi connectivity index (χ4v) is 821. The highest BCUT2D eigenvalue weighted by molar-refractivity contribution is 9.46. The van der Waals surface area contributed by atoms with Crippen molar-refractivity contribution in [3.63, 3.8) is 0 Å². The molecule has 0 bridgehead atoms. The third kappa shape index (κ3) is 62.3. The number of carbonyl (C=O) groups is 3. The number of aliphatic carboxylic acids is 1. The van der Waals surface area contributed by atoms with Crippen molar-refractivity contribution in [3.05, 3.63) is 182 Å². The first-order valence-electron chi connectivity index (χ1n) is 44.0. The molecule has 0 aliphatic carbocycles. The molecule has 36 unspecified atom stereocenters. The summed E-state index contributed by atoms with van der Waals surface area (Å²) in [4.78, 5) is 36.4. The van der Waals surface area contributed by atoms with Crippen molar-refractivity contribution in [1.29, 1.82) is 0 Å². The molecule has 1 amide bonds. The van der Waals surface area contributed by atoms with Crippen LogP contribution >= 0.6 is 489 Å². The molecule has 2 saturated heterocycles. The monoisotopic (exact) mass is 3210 g/mol. The summed E-state index contributed by atoms with van der Waals surface area (Å²) in [5.41, 5.74) is 7.63. The zero-order valence-corrected chi connectivity index (χ0v) is 152. The van der Waals surface area contributed by atoms with E-state index in [0.717, 1.165) is 43.1 Å². The van der Waals surface area contributed by atoms with E-state index in [-0.39, 0.29) is 287 Å². The lowest BCUT2D eigenvalue weighted by atomic mass is 9.91. The smallest absolute Gasteiger partial charge is 0.338 e. The van der Waals surface area contributed by atoms with Crippen LogP contribution in [0.2, 0.25) is 36.3 Å². The Bertz CT molecular complexity index is 4160. The average molecular weight is 3220 g/mol. The number of rotatable bonds is 56. The lowest BCUT2D eigenvalue weighted by Crippen LogP contribution is -3.00. The first-order valence-corrected chi connectivity index (χ1v) is 160. The highest BCUT2D eigenvalue weighted by Crippen LogP contribution is 3.41. The van der Waals surface area contributed by atoms with E-state index in [2.05, 4.69) is 418 Å². The summed E-state index contributed by atoms with van der Waals surface area (Å²) in [6, 6.07) is 28.9. The molecule has 856 valence electrons. The van der Waals surface area contributed by atoms with Gasteiger partial charge in [0.1, 0.15) is 24.9 Å². The van der Waals surface area contributed by atoms with Gasteiger partial charge in [0.2, 0.25) is 5.91 Å². The second-order valence-electron chi connectivity index (χ2n) is 35.3. The van der Waals surface area contributed by atoms with Crippen molar-refractivity contribution in [3.8, 4) is 0 Å². The molecule has 2 heterocycles. The minimum absolute atomic E-state index is 0. The predicted octanol–water partition coefficient (Wildman–Crippen LogP) is 48.5. The summed E-state index contributed by atoms with van der Waals surface area (Å²) in [6.45, 7) is 47.6. The van der Waals surface area contributed by atoms with Gasteiger partial charge < -0.3 is 61.1 Å². The molecule has 3 aromatic rings. The third-order valence-corrected chi connectivity index (χ3v) is 433. The summed E-state index contributed by atoms with van der Waals surface area (Å²) < 4.78 is 43.6. The van der Waals surface area contributed by atoms with Crippen LogP contribution in [0.5, 0.6) is 0 Å². The van der Waals surface area contributed by atoms with Crippen LogP contribution in [0, 0.1) is 0 Å². The molecule has 0 spiro atoms. The van der Waals surface area contributed by atoms with Gasteiger partial charge in [-0.25, -0.2) is 4.79 Å². The van der Waals surface area contributed by atoms with E-state index < -0.39 is 46.4 Å². The maximum atomic E-state index is 13.3. The number of amides is 1. The summed E-state index contributed by atoms with van der Waals surface area (Å²) in [5, 5.41) is 12.7. The van der Waals surface area contributed by atoms with Gasteiger partial charge in [-0.2, -0.15) is 0 Å². The Kier molecular flexibility index (Phi) is 104. The van der Waals surface area contributed by atoms with Gasteiger partial charge in [-0.1, -0.05) is 179 Å². The van der Waals surface area contributed by atoms with E-state index in [1.807, 2.05) is 117 Å². The van der Waals surface area contributed by atoms with Crippen LogP contribution in [0.1, 0.15) is 175 Å². The van der Waals surface area contributed by atoms with Crippen LogP contribution in [-0.4, -0.2) is 93.9 Å². The van der Waals surface area contributed by atoms with Crippen LogP contribution in [0.15, 0.2) is 165 Å². The number of allylic oxidation sites excluding steroid dienone is 1. The summed E-state index contributed by atoms with van der Waals surface area (Å²) in [7, 11) is 102. The van der Waals surface area contributed by atoms with Crippen LogP contribution in [-0.2, 0) is 42.1 Å². The highest BCUT2D eigenvalue weighted by atomic mass is 35.5. The molecule has 5 N–H and O–H groups in total. The Labute approximate surface area is 1010 Å². The lowest BCUT2D eigenvalue weighted by molar-refractivity contribution is -0.405. The van der Waals surface area contributed by atoms with Crippen molar-refractivity contribution in [2.45, 2.75) is 238 Å². The van der Waals surface area contributed by atoms with Crippen LogP contribution < -0.4 is 23.5 Å². The quantitative estimate of drug-likeness (QED) is 0.0212. The van der Waals surface area contributed by atoms with Crippen molar-refractivity contribution >= 4 is 524 Å². The van der Waals surface area contributed by atoms with Gasteiger partial charge in [0, 0.05) is 17.5 Å². The third-order valence-electron chi connectivity index (χ3n) is 21.9. The molecule has 2 aliphatic rings. The number of ether oxygens (including phenoxy) is 5. The molecule has 13 nitrogen and oxygen atoms in total. The zero-order chi connectivity index (χ0) is 113. The van der Waals surface area contributed by atoms with Crippen LogP contribution in [0.4, 0.5) is 0 Å². The van der Waals surface area contributed by atoms with E-state index in [0.29, 0.717) is 44.1 Å². The minimum Gasteiger partial charge on any atom is -1.00 e. The Morgan fingerprint density at radius 1 is 0.459 bits per heavy atom. The Hall–Kier alpha value is 21.2. The lowest BCUT2D eigenvalue weighted by Gasteiger charge is -2.52. The maximum Gasteiger partial charge on any atom is 0.338 e. The number of halogens is 1. The number of esters is 1. The Morgan fingerprint density at radius 2 is 0.743 bits per heavy atom. The molecular formula is C71H176ClN2O11P61Si2. The molecule has 0 saturated carbocycles. The largest absolute Gasteiger partial charge is 1.00 e. The van der Waals surface area contributed by atoms with Crippen LogP contribution in [0.25, 0.3) is 0 Å². The second kappa shape index (κ2) is 89.5. The van der Waals surface area contributed by atoms with Crippen molar-refractivity contribution in [2.75, 3.05) is 6.61 Å². The first kappa shape index (κ1) is 171. The van der Waals surface area contributed by atoms with E-state index in [1.165, 1.54) is 0 Å². The van der Waals surface area contributed by atoms with Gasteiger partial charge in [0.15, 0.2) is 29.2 Å². The Balaban J connectivity index is 0. The topological polar surface area (TPSA) is 176 Å². The van der Waals surface area contributed by atoms with Gasteiger partial charge in [-0.05, 0) is 322 Å². The fourth-order valence-electron chi connectivity index (χ4n) is 12.7. The molecule has 46 atom stereocenters. The van der Waals surface area contributed by atoms with Crippen LogP contribution in [0.3, 0.4) is 0 Å². The molecule has 2 fully saturated rings.